The lowest BCUT2D eigenvalue weighted by Gasteiger charge is -2.35. The number of aromatic nitrogens is 3. The summed E-state index contributed by atoms with van der Waals surface area (Å²) in [5.74, 6) is 0. The molecule has 0 spiro atoms. The first-order chi connectivity index (χ1) is 9.87. The van der Waals surface area contributed by atoms with E-state index in [0.29, 0.717) is 6.04 Å². The van der Waals surface area contributed by atoms with Gasteiger partial charge in [-0.3, -0.25) is 4.68 Å². The van der Waals surface area contributed by atoms with E-state index in [9.17, 15) is 5.11 Å². The Morgan fingerprint density at radius 1 is 1.48 bits per heavy atom. The molecule has 2 unspecified atom stereocenters. The summed E-state index contributed by atoms with van der Waals surface area (Å²) in [6, 6.07) is 4.45. The highest BCUT2D eigenvalue weighted by Gasteiger charge is 2.34. The Morgan fingerprint density at radius 2 is 2.24 bits per heavy atom. The molecule has 21 heavy (non-hydrogen) atoms. The number of hydrogen-bond acceptors (Lipinski definition) is 2. The predicted molar refractivity (Wildman–Crippen MR) is 83.2 cm³/mol. The Bertz CT molecular complexity index is 625. The van der Waals surface area contributed by atoms with E-state index in [2.05, 4.69) is 43.4 Å². The molecular weight excluding hydrogens is 262 g/mol. The van der Waals surface area contributed by atoms with E-state index < -0.39 is 0 Å². The van der Waals surface area contributed by atoms with Gasteiger partial charge in [-0.1, -0.05) is 13.8 Å². The van der Waals surface area contributed by atoms with Gasteiger partial charge >= 0.3 is 0 Å². The fraction of sp³-hybridized carbons (Fsp3) is 0.588. The molecule has 2 heterocycles. The molecule has 4 heteroatoms. The van der Waals surface area contributed by atoms with Gasteiger partial charge in [-0.05, 0) is 44.2 Å². The molecule has 114 valence electrons. The molecule has 1 N–H and O–H groups in total. The van der Waals surface area contributed by atoms with Gasteiger partial charge in [-0.25, -0.2) is 0 Å². The van der Waals surface area contributed by atoms with Gasteiger partial charge in [0.2, 0.25) is 0 Å². The van der Waals surface area contributed by atoms with E-state index in [1.165, 1.54) is 11.4 Å². The third-order valence-corrected chi connectivity index (χ3v) is 4.57. The lowest BCUT2D eigenvalue weighted by atomic mass is 9.75. The quantitative estimate of drug-likeness (QED) is 0.941. The van der Waals surface area contributed by atoms with Crippen molar-refractivity contribution in [3.63, 3.8) is 0 Å². The number of hydrogen-bond donors (Lipinski definition) is 1. The number of aliphatic hydroxyl groups excluding tert-OH is 1. The topological polar surface area (TPSA) is 43.0 Å². The molecule has 4 nitrogen and oxygen atoms in total. The molecule has 3 rings (SSSR count). The van der Waals surface area contributed by atoms with Crippen LogP contribution < -0.4 is 0 Å². The third kappa shape index (κ3) is 2.64. The second kappa shape index (κ2) is 5.02. The highest BCUT2D eigenvalue weighted by atomic mass is 16.3. The standard InChI is InChI=1S/C17H25N3O/c1-12-8-14-15(9-17(3,4)10-16(14)21)20(12)13(2)11-19-7-5-6-18-19/h5-8,13,16,21H,9-11H2,1-4H3. The zero-order chi connectivity index (χ0) is 15.2. The van der Waals surface area contributed by atoms with E-state index in [-0.39, 0.29) is 11.5 Å². The van der Waals surface area contributed by atoms with Crippen LogP contribution in [0.3, 0.4) is 0 Å². The molecule has 0 bridgehead atoms. The second-order valence-corrected chi connectivity index (χ2v) is 7.20. The van der Waals surface area contributed by atoms with Crippen molar-refractivity contribution in [2.45, 2.75) is 59.2 Å². The number of aliphatic hydroxyl groups is 1. The molecule has 0 saturated carbocycles. The molecule has 0 aromatic carbocycles. The Morgan fingerprint density at radius 3 is 2.90 bits per heavy atom. The lowest BCUT2D eigenvalue weighted by molar-refractivity contribution is 0.0973. The Hall–Kier alpha value is -1.55. The fourth-order valence-electron chi connectivity index (χ4n) is 3.74. The van der Waals surface area contributed by atoms with Gasteiger partial charge in [-0.2, -0.15) is 5.10 Å². The van der Waals surface area contributed by atoms with Crippen LogP contribution >= 0.6 is 0 Å². The highest BCUT2D eigenvalue weighted by molar-refractivity contribution is 5.33. The van der Waals surface area contributed by atoms with E-state index >= 15 is 0 Å². The third-order valence-electron chi connectivity index (χ3n) is 4.57. The van der Waals surface area contributed by atoms with Crippen molar-refractivity contribution < 1.29 is 5.11 Å². The number of fused-ring (bicyclic) bond motifs is 1. The van der Waals surface area contributed by atoms with Crippen molar-refractivity contribution in [3.8, 4) is 0 Å². The van der Waals surface area contributed by atoms with Crippen LogP contribution in [0, 0.1) is 12.3 Å². The molecule has 2 atom stereocenters. The van der Waals surface area contributed by atoms with Gasteiger partial charge < -0.3 is 9.67 Å². The molecule has 0 aliphatic heterocycles. The summed E-state index contributed by atoms with van der Waals surface area (Å²) >= 11 is 0. The lowest BCUT2D eigenvalue weighted by Crippen LogP contribution is -2.28. The van der Waals surface area contributed by atoms with Crippen molar-refractivity contribution in [2.75, 3.05) is 0 Å². The van der Waals surface area contributed by atoms with E-state index in [1.54, 1.807) is 0 Å². The van der Waals surface area contributed by atoms with Gasteiger partial charge in [0.05, 0.1) is 18.7 Å². The first kappa shape index (κ1) is 14.4. The smallest absolute Gasteiger partial charge is 0.0812 e. The van der Waals surface area contributed by atoms with Gasteiger partial charge in [0.1, 0.15) is 0 Å². The number of aryl methyl sites for hydroxylation is 1. The van der Waals surface area contributed by atoms with E-state index in [4.69, 9.17) is 0 Å². The van der Waals surface area contributed by atoms with Crippen molar-refractivity contribution in [1.29, 1.82) is 0 Å². The molecular formula is C17H25N3O. The molecule has 0 radical (unpaired) electrons. The Kier molecular flexibility index (Phi) is 3.44. The van der Waals surface area contributed by atoms with Crippen LogP contribution in [0.25, 0.3) is 0 Å². The van der Waals surface area contributed by atoms with Crippen molar-refractivity contribution in [1.82, 2.24) is 14.3 Å². The van der Waals surface area contributed by atoms with Crippen LogP contribution in [-0.4, -0.2) is 19.5 Å². The fourth-order valence-corrected chi connectivity index (χ4v) is 3.74. The normalized spacial score (nSPS) is 22.0. The summed E-state index contributed by atoms with van der Waals surface area (Å²) < 4.78 is 4.36. The average molecular weight is 287 g/mol. The molecule has 1 aliphatic carbocycles. The average Bonchev–Trinajstić information content (AvgIpc) is 2.95. The zero-order valence-corrected chi connectivity index (χ0v) is 13.4. The Labute approximate surface area is 126 Å². The van der Waals surface area contributed by atoms with Crippen molar-refractivity contribution >= 4 is 0 Å². The van der Waals surface area contributed by atoms with Crippen LogP contribution in [-0.2, 0) is 13.0 Å². The first-order valence-corrected chi connectivity index (χ1v) is 7.73. The minimum atomic E-state index is -0.333. The summed E-state index contributed by atoms with van der Waals surface area (Å²) in [6.07, 6.45) is 5.35. The van der Waals surface area contributed by atoms with Gasteiger partial charge in [0, 0.05) is 29.3 Å². The summed E-state index contributed by atoms with van der Waals surface area (Å²) in [4.78, 5) is 0. The predicted octanol–water partition coefficient (Wildman–Crippen LogP) is 3.26. The van der Waals surface area contributed by atoms with Gasteiger partial charge in [-0.15, -0.1) is 0 Å². The van der Waals surface area contributed by atoms with Gasteiger partial charge in [0.15, 0.2) is 0 Å². The van der Waals surface area contributed by atoms with E-state index in [1.807, 2.05) is 23.1 Å². The first-order valence-electron chi connectivity index (χ1n) is 7.73. The maximum Gasteiger partial charge on any atom is 0.0812 e. The van der Waals surface area contributed by atoms with Crippen LogP contribution in [0.5, 0.6) is 0 Å². The molecule has 0 fully saturated rings. The summed E-state index contributed by atoms with van der Waals surface area (Å²) in [7, 11) is 0. The maximum absolute atomic E-state index is 10.4. The van der Waals surface area contributed by atoms with Crippen LogP contribution in [0.15, 0.2) is 24.5 Å². The minimum absolute atomic E-state index is 0.153. The molecule has 2 aromatic rings. The largest absolute Gasteiger partial charge is 0.388 e. The summed E-state index contributed by atoms with van der Waals surface area (Å²) in [5.41, 5.74) is 3.81. The van der Waals surface area contributed by atoms with Crippen molar-refractivity contribution in [2.24, 2.45) is 5.41 Å². The van der Waals surface area contributed by atoms with E-state index in [0.717, 1.165) is 24.9 Å². The Balaban J connectivity index is 1.96. The second-order valence-electron chi connectivity index (χ2n) is 7.20. The maximum atomic E-state index is 10.4. The molecule has 0 saturated heterocycles. The minimum Gasteiger partial charge on any atom is -0.388 e. The summed E-state index contributed by atoms with van der Waals surface area (Å²) in [6.45, 7) is 9.69. The monoisotopic (exact) mass is 287 g/mol. The van der Waals surface area contributed by atoms with Crippen LogP contribution in [0.1, 0.15) is 56.3 Å². The number of nitrogens with zero attached hydrogens (tertiary/aromatic N) is 3. The summed E-state index contributed by atoms with van der Waals surface area (Å²) in [5, 5.41) is 14.7. The van der Waals surface area contributed by atoms with Crippen molar-refractivity contribution in [3.05, 3.63) is 41.5 Å². The highest BCUT2D eigenvalue weighted by Crippen LogP contribution is 2.42. The van der Waals surface area contributed by atoms with Gasteiger partial charge in [0.25, 0.3) is 0 Å². The SMILES string of the molecule is Cc1cc2c(n1C(C)Cn1cccn1)CC(C)(C)CC2O. The zero-order valence-electron chi connectivity index (χ0n) is 13.4. The molecule has 2 aromatic heterocycles. The van der Waals surface area contributed by atoms with Crippen LogP contribution in [0.2, 0.25) is 0 Å². The van der Waals surface area contributed by atoms with Crippen LogP contribution in [0.4, 0.5) is 0 Å². The number of rotatable bonds is 3. The molecule has 1 aliphatic rings. The molecule has 0 amide bonds.